The monoisotopic (exact) mass is 291 g/mol. The maximum Gasteiger partial charge on any atom is 0.0954 e. The molecule has 0 aliphatic heterocycles. The molecule has 1 atom stereocenters. The molecule has 1 unspecified atom stereocenters. The molecule has 0 spiro atoms. The lowest BCUT2D eigenvalue weighted by molar-refractivity contribution is 0.180. The molecule has 108 valence electrons. The molecule has 0 saturated heterocycles. The Labute approximate surface area is 123 Å². The SMILES string of the molecule is Cc1ncc(C(O)Cc2ccn(C3CCCCC3)n2)s1. The summed E-state index contributed by atoms with van der Waals surface area (Å²) in [5, 5.41) is 15.9. The van der Waals surface area contributed by atoms with Gasteiger partial charge in [0.15, 0.2) is 0 Å². The molecule has 0 aromatic carbocycles. The minimum Gasteiger partial charge on any atom is -0.387 e. The van der Waals surface area contributed by atoms with Crippen molar-refractivity contribution < 1.29 is 5.11 Å². The fourth-order valence-electron chi connectivity index (χ4n) is 2.87. The number of aliphatic hydroxyl groups is 1. The van der Waals surface area contributed by atoms with Gasteiger partial charge in [0.2, 0.25) is 0 Å². The Morgan fingerprint density at radius 2 is 2.20 bits per heavy atom. The molecule has 0 radical (unpaired) electrons. The van der Waals surface area contributed by atoms with Crippen LogP contribution in [0, 0.1) is 6.92 Å². The summed E-state index contributed by atoms with van der Waals surface area (Å²) in [6.07, 6.45) is 10.4. The molecule has 1 saturated carbocycles. The Kier molecular flexibility index (Phi) is 4.17. The standard InChI is InChI=1S/C15H21N3OS/c1-11-16-10-15(20-11)14(19)9-12-7-8-18(17-12)13-5-3-2-4-6-13/h7-8,10,13-14,19H,2-6,9H2,1H3. The summed E-state index contributed by atoms with van der Waals surface area (Å²) < 4.78 is 2.10. The Balaban J connectivity index is 1.64. The van der Waals surface area contributed by atoms with E-state index in [0.717, 1.165) is 15.6 Å². The first-order valence-corrected chi connectivity index (χ1v) is 8.18. The maximum atomic E-state index is 10.2. The summed E-state index contributed by atoms with van der Waals surface area (Å²) in [6, 6.07) is 2.59. The first-order chi connectivity index (χ1) is 9.72. The van der Waals surface area contributed by atoms with E-state index < -0.39 is 6.10 Å². The van der Waals surface area contributed by atoms with E-state index >= 15 is 0 Å². The van der Waals surface area contributed by atoms with Crippen LogP contribution in [0.1, 0.15) is 59.8 Å². The minimum atomic E-state index is -0.490. The number of aryl methyl sites for hydroxylation is 1. The largest absolute Gasteiger partial charge is 0.387 e. The Hall–Kier alpha value is -1.20. The second-order valence-electron chi connectivity index (χ2n) is 5.58. The van der Waals surface area contributed by atoms with Gasteiger partial charge in [-0.25, -0.2) is 4.98 Å². The van der Waals surface area contributed by atoms with E-state index in [1.165, 1.54) is 32.1 Å². The molecule has 1 aliphatic rings. The van der Waals surface area contributed by atoms with Crippen LogP contribution >= 0.6 is 11.3 Å². The van der Waals surface area contributed by atoms with Gasteiger partial charge in [0.05, 0.1) is 27.7 Å². The van der Waals surface area contributed by atoms with E-state index in [0.29, 0.717) is 12.5 Å². The van der Waals surface area contributed by atoms with E-state index in [1.54, 1.807) is 17.5 Å². The molecule has 2 heterocycles. The van der Waals surface area contributed by atoms with Crippen molar-refractivity contribution >= 4 is 11.3 Å². The topological polar surface area (TPSA) is 50.9 Å². The van der Waals surface area contributed by atoms with Crippen molar-refractivity contribution in [3.63, 3.8) is 0 Å². The van der Waals surface area contributed by atoms with E-state index in [-0.39, 0.29) is 0 Å². The summed E-state index contributed by atoms with van der Waals surface area (Å²) in [5.74, 6) is 0. The number of hydrogen-bond donors (Lipinski definition) is 1. The maximum absolute atomic E-state index is 10.2. The second-order valence-corrected chi connectivity index (χ2v) is 6.85. The number of aromatic nitrogens is 3. The van der Waals surface area contributed by atoms with Crippen molar-refractivity contribution in [3.8, 4) is 0 Å². The Morgan fingerprint density at radius 1 is 1.40 bits per heavy atom. The number of thiazole rings is 1. The second kappa shape index (κ2) is 6.06. The van der Waals surface area contributed by atoms with Gasteiger partial charge in [-0.05, 0) is 25.8 Å². The van der Waals surface area contributed by atoms with Crippen molar-refractivity contribution in [2.45, 2.75) is 57.6 Å². The molecule has 20 heavy (non-hydrogen) atoms. The smallest absolute Gasteiger partial charge is 0.0954 e. The van der Waals surface area contributed by atoms with Crippen LogP contribution in [0.25, 0.3) is 0 Å². The Morgan fingerprint density at radius 3 is 2.90 bits per heavy atom. The molecular formula is C15H21N3OS. The highest BCUT2D eigenvalue weighted by molar-refractivity contribution is 7.11. The molecule has 2 aromatic rings. The van der Waals surface area contributed by atoms with Crippen LogP contribution < -0.4 is 0 Å². The van der Waals surface area contributed by atoms with Crippen molar-refractivity contribution in [2.24, 2.45) is 0 Å². The van der Waals surface area contributed by atoms with Gasteiger partial charge >= 0.3 is 0 Å². The third kappa shape index (κ3) is 3.10. The van der Waals surface area contributed by atoms with E-state index in [4.69, 9.17) is 0 Å². The summed E-state index contributed by atoms with van der Waals surface area (Å²) in [5.41, 5.74) is 0.967. The van der Waals surface area contributed by atoms with Gasteiger partial charge in [0.25, 0.3) is 0 Å². The first kappa shape index (κ1) is 13.8. The van der Waals surface area contributed by atoms with Crippen LogP contribution in [-0.2, 0) is 6.42 Å². The third-order valence-corrected chi connectivity index (χ3v) is 5.00. The quantitative estimate of drug-likeness (QED) is 0.939. The fourth-order valence-corrected chi connectivity index (χ4v) is 3.64. The first-order valence-electron chi connectivity index (χ1n) is 7.37. The molecule has 1 N–H and O–H groups in total. The van der Waals surface area contributed by atoms with E-state index in [9.17, 15) is 5.11 Å². The number of aliphatic hydroxyl groups excluding tert-OH is 1. The summed E-state index contributed by atoms with van der Waals surface area (Å²) >= 11 is 1.55. The molecule has 2 aromatic heterocycles. The average molecular weight is 291 g/mol. The summed E-state index contributed by atoms with van der Waals surface area (Å²) in [6.45, 7) is 1.96. The van der Waals surface area contributed by atoms with E-state index in [2.05, 4.69) is 21.0 Å². The van der Waals surface area contributed by atoms with E-state index in [1.807, 2.05) is 13.0 Å². The Bertz CT molecular complexity index is 557. The summed E-state index contributed by atoms with van der Waals surface area (Å²) in [4.78, 5) is 5.12. The van der Waals surface area contributed by atoms with Crippen molar-refractivity contribution in [1.29, 1.82) is 0 Å². The predicted molar refractivity (Wildman–Crippen MR) is 79.9 cm³/mol. The molecule has 5 heteroatoms. The number of nitrogens with zero attached hydrogens (tertiary/aromatic N) is 3. The third-order valence-electron chi connectivity index (χ3n) is 3.98. The van der Waals surface area contributed by atoms with Crippen LogP contribution in [0.3, 0.4) is 0 Å². The van der Waals surface area contributed by atoms with Gasteiger partial charge in [0.1, 0.15) is 0 Å². The van der Waals surface area contributed by atoms with Crippen LogP contribution in [0.2, 0.25) is 0 Å². The number of rotatable bonds is 4. The van der Waals surface area contributed by atoms with Crippen molar-refractivity contribution in [2.75, 3.05) is 0 Å². The highest BCUT2D eigenvalue weighted by atomic mass is 32.1. The zero-order valence-corrected chi connectivity index (χ0v) is 12.6. The fraction of sp³-hybridized carbons (Fsp3) is 0.600. The van der Waals surface area contributed by atoms with Crippen LogP contribution in [0.15, 0.2) is 18.5 Å². The van der Waals surface area contributed by atoms with Crippen LogP contribution in [0.5, 0.6) is 0 Å². The van der Waals surface area contributed by atoms with Crippen molar-refractivity contribution in [3.05, 3.63) is 34.0 Å². The highest BCUT2D eigenvalue weighted by Crippen LogP contribution is 2.28. The molecule has 0 bridgehead atoms. The van der Waals surface area contributed by atoms with Gasteiger partial charge in [-0.1, -0.05) is 19.3 Å². The zero-order chi connectivity index (χ0) is 13.9. The average Bonchev–Trinajstić information content (AvgIpc) is 3.09. The van der Waals surface area contributed by atoms with Crippen molar-refractivity contribution in [1.82, 2.24) is 14.8 Å². The normalized spacial score (nSPS) is 18.3. The molecule has 4 nitrogen and oxygen atoms in total. The van der Waals surface area contributed by atoms with Crippen LogP contribution in [-0.4, -0.2) is 19.9 Å². The van der Waals surface area contributed by atoms with Gasteiger partial charge in [-0.2, -0.15) is 5.10 Å². The summed E-state index contributed by atoms with van der Waals surface area (Å²) in [7, 11) is 0. The lowest BCUT2D eigenvalue weighted by atomic mass is 9.96. The predicted octanol–water partition coefficient (Wildman–Crippen LogP) is 3.43. The molecule has 1 aliphatic carbocycles. The molecular weight excluding hydrogens is 270 g/mol. The lowest BCUT2D eigenvalue weighted by Gasteiger charge is -2.21. The lowest BCUT2D eigenvalue weighted by Crippen LogP contribution is -2.13. The van der Waals surface area contributed by atoms with Crippen LogP contribution in [0.4, 0.5) is 0 Å². The minimum absolute atomic E-state index is 0.490. The van der Waals surface area contributed by atoms with Gasteiger partial charge in [0, 0.05) is 18.8 Å². The van der Waals surface area contributed by atoms with Gasteiger partial charge < -0.3 is 5.11 Å². The molecule has 1 fully saturated rings. The number of hydrogen-bond acceptors (Lipinski definition) is 4. The highest BCUT2D eigenvalue weighted by Gasteiger charge is 2.18. The molecule has 0 amide bonds. The molecule has 3 rings (SSSR count). The van der Waals surface area contributed by atoms with Gasteiger partial charge in [-0.3, -0.25) is 4.68 Å². The zero-order valence-electron chi connectivity index (χ0n) is 11.8. The van der Waals surface area contributed by atoms with Gasteiger partial charge in [-0.15, -0.1) is 11.3 Å².